The first kappa shape index (κ1) is 15.8. The van der Waals surface area contributed by atoms with E-state index >= 15 is 0 Å². The SMILES string of the molecule is COc1ccc(C(=O)CN2CCOCC2C(N)=O)cc1Cl. The Balaban J connectivity index is 2.09. The summed E-state index contributed by atoms with van der Waals surface area (Å²) >= 11 is 6.01. The van der Waals surface area contributed by atoms with E-state index in [1.54, 1.807) is 23.1 Å². The zero-order valence-corrected chi connectivity index (χ0v) is 12.4. The largest absolute Gasteiger partial charge is 0.495 e. The molecule has 1 heterocycles. The Labute approximate surface area is 127 Å². The van der Waals surface area contributed by atoms with Crippen molar-refractivity contribution in [1.82, 2.24) is 4.90 Å². The highest BCUT2D eigenvalue weighted by Crippen LogP contribution is 2.25. The number of carbonyl (C=O) groups excluding carboxylic acids is 2. The molecule has 0 aliphatic carbocycles. The minimum Gasteiger partial charge on any atom is -0.495 e. The zero-order chi connectivity index (χ0) is 15.4. The molecular weight excluding hydrogens is 296 g/mol. The summed E-state index contributed by atoms with van der Waals surface area (Å²) in [5, 5.41) is 0.372. The molecule has 114 valence electrons. The molecule has 2 rings (SSSR count). The Morgan fingerprint density at radius 1 is 1.52 bits per heavy atom. The van der Waals surface area contributed by atoms with E-state index in [1.165, 1.54) is 7.11 Å². The molecule has 1 fully saturated rings. The van der Waals surface area contributed by atoms with Crippen molar-refractivity contribution in [1.29, 1.82) is 0 Å². The fourth-order valence-corrected chi connectivity index (χ4v) is 2.46. The zero-order valence-electron chi connectivity index (χ0n) is 11.7. The first-order chi connectivity index (χ1) is 10.0. The number of morpholine rings is 1. The molecule has 2 N–H and O–H groups in total. The normalized spacial score (nSPS) is 19.2. The van der Waals surface area contributed by atoms with Crippen LogP contribution in [0.25, 0.3) is 0 Å². The quantitative estimate of drug-likeness (QED) is 0.810. The van der Waals surface area contributed by atoms with Gasteiger partial charge in [0.2, 0.25) is 5.91 Å². The molecule has 1 aromatic rings. The lowest BCUT2D eigenvalue weighted by Gasteiger charge is -2.32. The molecule has 1 aliphatic rings. The van der Waals surface area contributed by atoms with E-state index in [0.717, 1.165) is 0 Å². The topological polar surface area (TPSA) is 81.9 Å². The molecule has 1 saturated heterocycles. The molecule has 1 atom stereocenters. The lowest BCUT2D eigenvalue weighted by Crippen LogP contribution is -2.53. The monoisotopic (exact) mass is 312 g/mol. The summed E-state index contributed by atoms with van der Waals surface area (Å²) < 4.78 is 10.3. The van der Waals surface area contributed by atoms with Crippen molar-refractivity contribution >= 4 is 23.3 Å². The summed E-state index contributed by atoms with van der Waals surface area (Å²) in [4.78, 5) is 25.4. The molecule has 1 amide bonds. The number of nitrogens with zero attached hydrogens (tertiary/aromatic N) is 1. The van der Waals surface area contributed by atoms with Gasteiger partial charge in [0.1, 0.15) is 11.8 Å². The van der Waals surface area contributed by atoms with Crippen LogP contribution in [0, 0.1) is 0 Å². The number of rotatable bonds is 5. The van der Waals surface area contributed by atoms with E-state index in [2.05, 4.69) is 0 Å². The van der Waals surface area contributed by atoms with Gasteiger partial charge >= 0.3 is 0 Å². The molecule has 1 aliphatic heterocycles. The Bertz CT molecular complexity index is 550. The standard InChI is InChI=1S/C14H17ClN2O4/c1-20-13-3-2-9(6-10(13)15)12(18)7-17-4-5-21-8-11(17)14(16)19/h2-3,6,11H,4-5,7-8H2,1H3,(H2,16,19). The van der Waals surface area contributed by atoms with Crippen molar-refractivity contribution in [2.24, 2.45) is 5.73 Å². The molecule has 1 unspecified atom stereocenters. The summed E-state index contributed by atoms with van der Waals surface area (Å²) in [6.07, 6.45) is 0. The average Bonchev–Trinajstić information content (AvgIpc) is 2.47. The third-order valence-corrected chi connectivity index (χ3v) is 3.68. The van der Waals surface area contributed by atoms with Crippen LogP contribution in [-0.4, -0.2) is 56.0 Å². The molecule has 0 spiro atoms. The second-order valence-corrected chi connectivity index (χ2v) is 5.14. The number of benzene rings is 1. The van der Waals surface area contributed by atoms with Gasteiger partial charge in [-0.2, -0.15) is 0 Å². The number of primary amides is 1. The van der Waals surface area contributed by atoms with Crippen LogP contribution in [0.1, 0.15) is 10.4 Å². The van der Waals surface area contributed by atoms with Crippen molar-refractivity contribution in [2.75, 3.05) is 33.4 Å². The van der Waals surface area contributed by atoms with Gasteiger partial charge in [-0.3, -0.25) is 14.5 Å². The van der Waals surface area contributed by atoms with Gasteiger partial charge in [-0.1, -0.05) is 11.6 Å². The van der Waals surface area contributed by atoms with E-state index in [1.807, 2.05) is 0 Å². The number of Topliss-reactive ketones (excluding diaryl/α,β-unsaturated/α-hetero) is 1. The van der Waals surface area contributed by atoms with Crippen molar-refractivity contribution < 1.29 is 19.1 Å². The summed E-state index contributed by atoms with van der Waals surface area (Å²) in [7, 11) is 1.51. The summed E-state index contributed by atoms with van der Waals surface area (Å²) in [6, 6.07) is 4.27. The predicted molar refractivity (Wildman–Crippen MR) is 77.7 cm³/mol. The molecule has 0 aromatic heterocycles. The molecule has 0 bridgehead atoms. The Morgan fingerprint density at radius 3 is 2.90 bits per heavy atom. The maximum absolute atomic E-state index is 12.3. The van der Waals surface area contributed by atoms with Crippen LogP contribution in [-0.2, 0) is 9.53 Å². The number of nitrogens with two attached hydrogens (primary N) is 1. The maximum Gasteiger partial charge on any atom is 0.237 e. The molecule has 0 radical (unpaired) electrons. The smallest absolute Gasteiger partial charge is 0.237 e. The maximum atomic E-state index is 12.3. The van der Waals surface area contributed by atoms with Gasteiger partial charge in [-0.05, 0) is 18.2 Å². The van der Waals surface area contributed by atoms with E-state index in [-0.39, 0.29) is 18.9 Å². The van der Waals surface area contributed by atoms with E-state index in [9.17, 15) is 9.59 Å². The highest BCUT2D eigenvalue weighted by molar-refractivity contribution is 6.32. The third-order valence-electron chi connectivity index (χ3n) is 3.39. The van der Waals surface area contributed by atoms with Crippen LogP contribution in [0.5, 0.6) is 5.75 Å². The molecule has 0 saturated carbocycles. The summed E-state index contributed by atoms with van der Waals surface area (Å²) in [5.74, 6) is -0.113. The van der Waals surface area contributed by atoms with Gasteiger partial charge < -0.3 is 15.2 Å². The van der Waals surface area contributed by atoms with Crippen LogP contribution < -0.4 is 10.5 Å². The van der Waals surface area contributed by atoms with Crippen LogP contribution in [0.3, 0.4) is 0 Å². The van der Waals surface area contributed by atoms with Crippen molar-refractivity contribution in [3.63, 3.8) is 0 Å². The van der Waals surface area contributed by atoms with Gasteiger partial charge in [-0.15, -0.1) is 0 Å². The number of halogens is 1. The average molecular weight is 313 g/mol. The first-order valence-corrected chi connectivity index (χ1v) is 6.88. The van der Waals surface area contributed by atoms with E-state index in [0.29, 0.717) is 29.5 Å². The molecular formula is C14H17ClN2O4. The highest BCUT2D eigenvalue weighted by atomic mass is 35.5. The lowest BCUT2D eigenvalue weighted by atomic mass is 10.1. The molecule has 21 heavy (non-hydrogen) atoms. The van der Waals surface area contributed by atoms with Gasteiger partial charge in [0, 0.05) is 12.1 Å². The van der Waals surface area contributed by atoms with Crippen LogP contribution in [0.2, 0.25) is 5.02 Å². The van der Waals surface area contributed by atoms with Crippen molar-refractivity contribution in [3.8, 4) is 5.75 Å². The van der Waals surface area contributed by atoms with Gasteiger partial charge in [-0.25, -0.2) is 0 Å². The Kier molecular flexibility index (Phi) is 5.17. The Hall–Kier alpha value is -1.63. The molecule has 6 nitrogen and oxygen atoms in total. The Morgan fingerprint density at radius 2 is 2.29 bits per heavy atom. The van der Waals surface area contributed by atoms with Crippen molar-refractivity contribution in [2.45, 2.75) is 6.04 Å². The number of methoxy groups -OCH3 is 1. The lowest BCUT2D eigenvalue weighted by molar-refractivity contribution is -0.128. The third kappa shape index (κ3) is 3.72. The van der Waals surface area contributed by atoms with E-state index in [4.69, 9.17) is 26.8 Å². The number of ketones is 1. The predicted octanol–water partition coefficient (Wildman–Crippen LogP) is 0.717. The summed E-state index contributed by atoms with van der Waals surface area (Å²) in [5.41, 5.74) is 5.79. The van der Waals surface area contributed by atoms with Gasteiger partial charge in [0.05, 0.1) is 31.9 Å². The number of hydrogen-bond acceptors (Lipinski definition) is 5. The van der Waals surface area contributed by atoms with Crippen LogP contribution in [0.15, 0.2) is 18.2 Å². The molecule has 1 aromatic carbocycles. The molecule has 7 heteroatoms. The van der Waals surface area contributed by atoms with Gasteiger partial charge in [0.15, 0.2) is 5.78 Å². The summed E-state index contributed by atoms with van der Waals surface area (Å²) in [6.45, 7) is 1.27. The fraction of sp³-hybridized carbons (Fsp3) is 0.429. The van der Waals surface area contributed by atoms with Crippen molar-refractivity contribution in [3.05, 3.63) is 28.8 Å². The van der Waals surface area contributed by atoms with E-state index < -0.39 is 11.9 Å². The van der Waals surface area contributed by atoms with Crippen LogP contribution in [0.4, 0.5) is 0 Å². The number of hydrogen-bond donors (Lipinski definition) is 1. The number of amides is 1. The minimum atomic E-state index is -0.573. The highest BCUT2D eigenvalue weighted by Gasteiger charge is 2.29. The fourth-order valence-electron chi connectivity index (χ4n) is 2.20. The second-order valence-electron chi connectivity index (χ2n) is 4.74. The van der Waals surface area contributed by atoms with Gasteiger partial charge in [0.25, 0.3) is 0 Å². The van der Waals surface area contributed by atoms with Crippen LogP contribution >= 0.6 is 11.6 Å². The second kappa shape index (κ2) is 6.89. The number of carbonyl (C=O) groups is 2. The number of ether oxygens (including phenoxy) is 2. The minimum absolute atomic E-state index is 0.0968. The first-order valence-electron chi connectivity index (χ1n) is 6.50.